The lowest BCUT2D eigenvalue weighted by atomic mass is 9.95. The average molecular weight is 597 g/mol. The molecule has 0 radical (unpaired) electrons. The highest BCUT2D eigenvalue weighted by Crippen LogP contribution is 2.25. The van der Waals surface area contributed by atoms with Crippen LogP contribution in [-0.4, -0.2) is 50.0 Å². The van der Waals surface area contributed by atoms with Gasteiger partial charge in [-0.15, -0.1) is 0 Å². The van der Waals surface area contributed by atoms with Crippen molar-refractivity contribution in [1.82, 2.24) is 10.2 Å². The number of benzene rings is 2. The van der Waals surface area contributed by atoms with E-state index < -0.39 is 16.1 Å². The molecule has 1 aliphatic rings. The third kappa shape index (κ3) is 8.85. The van der Waals surface area contributed by atoms with Gasteiger partial charge in [0.15, 0.2) is 0 Å². The van der Waals surface area contributed by atoms with Crippen molar-refractivity contribution in [3.8, 4) is 0 Å². The molecule has 2 aromatic rings. The third-order valence-electron chi connectivity index (χ3n) is 7.39. The van der Waals surface area contributed by atoms with E-state index in [0.29, 0.717) is 22.2 Å². The molecule has 7 nitrogen and oxygen atoms in total. The second-order valence-electron chi connectivity index (χ2n) is 10.5. The number of hydrogen-bond donors (Lipinski definition) is 1. The van der Waals surface area contributed by atoms with Gasteiger partial charge >= 0.3 is 0 Å². The number of anilines is 1. The maximum Gasteiger partial charge on any atom is 0.242 e. The fraction of sp³-hybridized carbons (Fsp3) is 0.517. The Morgan fingerprint density at radius 2 is 1.69 bits per heavy atom. The molecule has 10 heteroatoms. The zero-order chi connectivity index (χ0) is 28.7. The summed E-state index contributed by atoms with van der Waals surface area (Å²) in [6, 6.07) is 10.1. The lowest BCUT2D eigenvalue weighted by Gasteiger charge is -2.31. The predicted molar refractivity (Wildman–Crippen MR) is 159 cm³/mol. The summed E-state index contributed by atoms with van der Waals surface area (Å²) in [6.45, 7) is 5.96. The van der Waals surface area contributed by atoms with Gasteiger partial charge in [-0.05, 0) is 81.0 Å². The highest BCUT2D eigenvalue weighted by molar-refractivity contribution is 7.92. The molecule has 1 atom stereocenters. The van der Waals surface area contributed by atoms with Gasteiger partial charge < -0.3 is 10.2 Å². The van der Waals surface area contributed by atoms with Crippen LogP contribution in [0.25, 0.3) is 0 Å². The Morgan fingerprint density at radius 1 is 1.00 bits per heavy atom. The van der Waals surface area contributed by atoms with Crippen LogP contribution in [0.2, 0.25) is 10.0 Å². The van der Waals surface area contributed by atoms with Gasteiger partial charge in [-0.2, -0.15) is 0 Å². The van der Waals surface area contributed by atoms with Crippen LogP contribution in [0.1, 0.15) is 68.6 Å². The van der Waals surface area contributed by atoms with Crippen LogP contribution in [0.3, 0.4) is 0 Å². The van der Waals surface area contributed by atoms with Crippen molar-refractivity contribution >= 4 is 50.7 Å². The summed E-state index contributed by atoms with van der Waals surface area (Å²) in [5.74, 6) is -0.427. The van der Waals surface area contributed by atoms with Crippen molar-refractivity contribution in [3.63, 3.8) is 0 Å². The fourth-order valence-electron chi connectivity index (χ4n) is 4.87. The zero-order valence-corrected chi connectivity index (χ0v) is 25.5. The summed E-state index contributed by atoms with van der Waals surface area (Å²) in [5, 5.41) is 3.90. The minimum Gasteiger partial charge on any atom is -0.352 e. The Hall–Kier alpha value is -2.29. The fourth-order valence-corrected chi connectivity index (χ4v) is 6.15. The van der Waals surface area contributed by atoms with Crippen LogP contribution in [0.4, 0.5) is 5.69 Å². The van der Waals surface area contributed by atoms with Crippen LogP contribution in [0.15, 0.2) is 36.4 Å². The van der Waals surface area contributed by atoms with E-state index in [-0.39, 0.29) is 37.4 Å². The second kappa shape index (κ2) is 13.9. The molecule has 2 amide bonds. The van der Waals surface area contributed by atoms with Crippen LogP contribution in [0, 0.1) is 13.8 Å². The van der Waals surface area contributed by atoms with Gasteiger partial charge in [0.2, 0.25) is 21.8 Å². The molecule has 0 aromatic heterocycles. The van der Waals surface area contributed by atoms with Gasteiger partial charge in [0.1, 0.15) is 6.04 Å². The Balaban J connectivity index is 1.75. The van der Waals surface area contributed by atoms with Crippen molar-refractivity contribution in [2.24, 2.45) is 0 Å². The number of carbonyl (C=O) groups excluding carboxylic acids is 2. The Bertz CT molecular complexity index is 1280. The first-order valence-corrected chi connectivity index (χ1v) is 16.1. The number of amides is 2. The van der Waals surface area contributed by atoms with E-state index in [4.69, 9.17) is 23.2 Å². The molecule has 0 bridgehead atoms. The number of halogens is 2. The van der Waals surface area contributed by atoms with Gasteiger partial charge in [0.05, 0.1) is 22.0 Å². The molecule has 1 saturated carbocycles. The van der Waals surface area contributed by atoms with E-state index in [2.05, 4.69) is 5.32 Å². The zero-order valence-electron chi connectivity index (χ0n) is 23.2. The molecule has 0 spiro atoms. The first-order valence-electron chi connectivity index (χ1n) is 13.5. The largest absolute Gasteiger partial charge is 0.352 e. The molecular weight excluding hydrogens is 557 g/mol. The van der Waals surface area contributed by atoms with Crippen molar-refractivity contribution in [3.05, 3.63) is 63.1 Å². The summed E-state index contributed by atoms with van der Waals surface area (Å²) >= 11 is 12.3. The Morgan fingerprint density at radius 3 is 2.31 bits per heavy atom. The smallest absolute Gasteiger partial charge is 0.242 e. The predicted octanol–water partition coefficient (Wildman–Crippen LogP) is 6.02. The molecule has 3 rings (SSSR count). The SMILES string of the molecule is Cc1ccc(N(CCCC(=O)N(Cc2ccc(Cl)c(Cl)c2)[C@@H](C)C(=O)NC2CCCCC2)S(C)(=O)=O)cc1C. The first kappa shape index (κ1) is 31.2. The minimum absolute atomic E-state index is 0.0826. The third-order valence-corrected chi connectivity index (χ3v) is 9.32. The Labute approximate surface area is 242 Å². The summed E-state index contributed by atoms with van der Waals surface area (Å²) in [6.07, 6.45) is 6.78. The molecule has 0 unspecified atom stereocenters. The van der Waals surface area contributed by atoms with Crippen molar-refractivity contribution in [2.75, 3.05) is 17.1 Å². The highest BCUT2D eigenvalue weighted by atomic mass is 35.5. The molecule has 0 saturated heterocycles. The maximum absolute atomic E-state index is 13.5. The van der Waals surface area contributed by atoms with Crippen molar-refractivity contribution < 1.29 is 18.0 Å². The van der Waals surface area contributed by atoms with Gasteiger partial charge in [-0.25, -0.2) is 8.42 Å². The van der Waals surface area contributed by atoms with Crippen LogP contribution < -0.4 is 9.62 Å². The maximum atomic E-state index is 13.5. The van der Waals surface area contributed by atoms with E-state index in [1.165, 1.54) is 10.7 Å². The number of carbonyl (C=O) groups is 2. The monoisotopic (exact) mass is 595 g/mol. The molecule has 0 heterocycles. The number of aryl methyl sites for hydroxylation is 2. The standard InChI is InChI=1S/C29H39Cl2N3O4S/c1-20-12-14-25(17-21(20)2)34(39(4,37)38)16-8-11-28(35)33(19-23-13-15-26(30)27(31)18-23)22(3)29(36)32-24-9-6-5-7-10-24/h12-15,17-18,22,24H,5-11,16,19H2,1-4H3,(H,32,36)/t22-/m0/s1. The molecule has 1 fully saturated rings. The molecule has 0 aliphatic heterocycles. The molecule has 2 aromatic carbocycles. The van der Waals surface area contributed by atoms with Crippen LogP contribution in [0.5, 0.6) is 0 Å². The van der Waals surface area contributed by atoms with Crippen LogP contribution >= 0.6 is 23.2 Å². The number of nitrogens with zero attached hydrogens (tertiary/aromatic N) is 2. The van der Waals surface area contributed by atoms with Crippen LogP contribution in [-0.2, 0) is 26.2 Å². The van der Waals surface area contributed by atoms with E-state index in [1.54, 1.807) is 36.1 Å². The second-order valence-corrected chi connectivity index (χ2v) is 13.2. The topological polar surface area (TPSA) is 86.8 Å². The summed E-state index contributed by atoms with van der Waals surface area (Å²) in [4.78, 5) is 28.2. The first-order chi connectivity index (χ1) is 18.4. The molecular formula is C29H39Cl2N3O4S. The summed E-state index contributed by atoms with van der Waals surface area (Å²) < 4.78 is 26.5. The van der Waals surface area contributed by atoms with Crippen molar-refractivity contribution in [1.29, 1.82) is 0 Å². The highest BCUT2D eigenvalue weighted by Gasteiger charge is 2.28. The van der Waals surface area contributed by atoms with Gasteiger partial charge in [-0.1, -0.05) is 54.6 Å². The van der Waals surface area contributed by atoms with Gasteiger partial charge in [0, 0.05) is 25.6 Å². The molecule has 1 aliphatic carbocycles. The van der Waals surface area contributed by atoms with E-state index in [9.17, 15) is 18.0 Å². The minimum atomic E-state index is -3.55. The number of rotatable bonds is 11. The number of nitrogens with one attached hydrogen (secondary N) is 1. The van der Waals surface area contributed by atoms with E-state index in [0.717, 1.165) is 48.6 Å². The molecule has 214 valence electrons. The lowest BCUT2D eigenvalue weighted by Crippen LogP contribution is -2.50. The number of hydrogen-bond acceptors (Lipinski definition) is 4. The van der Waals surface area contributed by atoms with Crippen molar-refractivity contribution in [2.45, 2.75) is 84.3 Å². The normalized spacial score (nSPS) is 15.0. The van der Waals surface area contributed by atoms with Gasteiger partial charge in [0.25, 0.3) is 0 Å². The van der Waals surface area contributed by atoms with Gasteiger partial charge in [-0.3, -0.25) is 13.9 Å². The summed E-state index contributed by atoms with van der Waals surface area (Å²) in [7, 11) is -3.55. The Kier molecular flexibility index (Phi) is 11.1. The molecule has 39 heavy (non-hydrogen) atoms. The van der Waals surface area contributed by atoms with E-state index in [1.807, 2.05) is 26.0 Å². The quantitative estimate of drug-likeness (QED) is 0.344. The average Bonchev–Trinajstić information content (AvgIpc) is 2.88. The molecule has 1 N–H and O–H groups in total. The number of sulfonamides is 1. The lowest BCUT2D eigenvalue weighted by molar-refractivity contribution is -0.141. The van der Waals surface area contributed by atoms with E-state index >= 15 is 0 Å². The summed E-state index contributed by atoms with van der Waals surface area (Å²) in [5.41, 5.74) is 3.38.